The van der Waals surface area contributed by atoms with Crippen molar-refractivity contribution in [2.75, 3.05) is 18.7 Å². The first-order chi connectivity index (χ1) is 13.4. The Balaban J connectivity index is 1.63. The Morgan fingerprint density at radius 1 is 1.11 bits per heavy atom. The normalized spacial score (nSPS) is 12.1. The topological polar surface area (TPSA) is 93.9 Å². The van der Waals surface area contributed by atoms with Gasteiger partial charge >= 0.3 is 5.97 Å². The average Bonchev–Trinajstić information content (AvgIpc) is 3.32. The molecule has 0 radical (unpaired) electrons. The van der Waals surface area contributed by atoms with Crippen LogP contribution in [0.15, 0.2) is 48.5 Å². The van der Waals surface area contributed by atoms with Gasteiger partial charge in [-0.1, -0.05) is 6.07 Å². The van der Waals surface area contributed by atoms with E-state index in [2.05, 4.69) is 5.10 Å². The van der Waals surface area contributed by atoms with E-state index in [0.29, 0.717) is 34.1 Å². The third-order valence-electron chi connectivity index (χ3n) is 4.49. The zero-order valence-electron chi connectivity index (χ0n) is 15.2. The second-order valence-electron chi connectivity index (χ2n) is 6.34. The van der Waals surface area contributed by atoms with Crippen molar-refractivity contribution in [3.8, 4) is 17.2 Å². The molecule has 0 unspecified atom stereocenters. The molecule has 0 saturated carbocycles. The van der Waals surface area contributed by atoms with Crippen LogP contribution in [0.25, 0.3) is 5.69 Å². The molecule has 8 nitrogen and oxygen atoms in total. The molecule has 1 amide bonds. The number of carbonyl (C=O) groups is 2. The standard InChI is InChI=1S/C20H17N3O5/c1-12-8-16(20(25)26)21-23(12)15-5-3-4-13(9-15)19(24)22(2)14-6-7-17-18(10-14)28-11-27-17/h3-10H,11H2,1-2H3,(H,25,26). The molecule has 0 saturated heterocycles. The number of fused-ring (bicyclic) bond motifs is 1. The van der Waals surface area contributed by atoms with Crippen molar-refractivity contribution in [2.45, 2.75) is 6.92 Å². The maximum absolute atomic E-state index is 13.0. The van der Waals surface area contributed by atoms with Gasteiger partial charge in [0.25, 0.3) is 5.91 Å². The van der Waals surface area contributed by atoms with Gasteiger partial charge in [0.2, 0.25) is 6.79 Å². The number of aryl methyl sites for hydroxylation is 1. The van der Waals surface area contributed by atoms with Crippen LogP contribution in [0.4, 0.5) is 5.69 Å². The molecule has 1 N–H and O–H groups in total. The summed E-state index contributed by atoms with van der Waals surface area (Å²) >= 11 is 0. The number of carboxylic acid groups (broad SMARTS) is 1. The maximum Gasteiger partial charge on any atom is 0.356 e. The van der Waals surface area contributed by atoms with Crippen molar-refractivity contribution < 1.29 is 24.2 Å². The van der Waals surface area contributed by atoms with Gasteiger partial charge in [0, 0.05) is 30.1 Å². The first-order valence-corrected chi connectivity index (χ1v) is 8.52. The molecule has 0 aliphatic carbocycles. The summed E-state index contributed by atoms with van der Waals surface area (Å²) < 4.78 is 12.2. The van der Waals surface area contributed by atoms with E-state index in [0.717, 1.165) is 0 Å². The molecule has 28 heavy (non-hydrogen) atoms. The number of anilines is 1. The molecule has 0 fully saturated rings. The summed E-state index contributed by atoms with van der Waals surface area (Å²) in [6, 6.07) is 13.7. The molecule has 1 aromatic heterocycles. The zero-order chi connectivity index (χ0) is 19.8. The predicted molar refractivity (Wildman–Crippen MR) is 101 cm³/mol. The summed E-state index contributed by atoms with van der Waals surface area (Å²) in [5.74, 6) is -0.0742. The lowest BCUT2D eigenvalue weighted by atomic mass is 10.1. The molecular formula is C20H17N3O5. The summed E-state index contributed by atoms with van der Waals surface area (Å²) in [6.45, 7) is 1.92. The number of hydrogen-bond donors (Lipinski definition) is 1. The molecule has 1 aliphatic rings. The van der Waals surface area contributed by atoms with Gasteiger partial charge in [0.15, 0.2) is 17.2 Å². The Bertz CT molecular complexity index is 1090. The molecule has 8 heteroatoms. The highest BCUT2D eigenvalue weighted by atomic mass is 16.7. The lowest BCUT2D eigenvalue weighted by molar-refractivity contribution is 0.0689. The van der Waals surface area contributed by atoms with Gasteiger partial charge < -0.3 is 19.5 Å². The quantitative estimate of drug-likeness (QED) is 0.749. The number of rotatable bonds is 4. The van der Waals surface area contributed by atoms with Crippen molar-refractivity contribution in [3.63, 3.8) is 0 Å². The Kier molecular flexibility index (Phi) is 4.23. The molecular weight excluding hydrogens is 362 g/mol. The molecule has 0 spiro atoms. The second-order valence-corrected chi connectivity index (χ2v) is 6.34. The van der Waals surface area contributed by atoms with Gasteiger partial charge in [-0.05, 0) is 43.3 Å². The minimum absolute atomic E-state index is 0.0493. The van der Waals surface area contributed by atoms with Crippen molar-refractivity contribution in [3.05, 3.63) is 65.5 Å². The van der Waals surface area contributed by atoms with E-state index in [1.54, 1.807) is 56.4 Å². The van der Waals surface area contributed by atoms with Crippen LogP contribution in [0.3, 0.4) is 0 Å². The van der Waals surface area contributed by atoms with Crippen molar-refractivity contribution in [1.29, 1.82) is 0 Å². The van der Waals surface area contributed by atoms with Gasteiger partial charge in [-0.3, -0.25) is 4.79 Å². The van der Waals surface area contributed by atoms with E-state index in [4.69, 9.17) is 14.6 Å². The lowest BCUT2D eigenvalue weighted by Crippen LogP contribution is -2.26. The number of aromatic nitrogens is 2. The zero-order valence-corrected chi connectivity index (χ0v) is 15.2. The number of nitrogens with zero attached hydrogens (tertiary/aromatic N) is 3. The van der Waals surface area contributed by atoms with Crippen LogP contribution < -0.4 is 14.4 Å². The highest BCUT2D eigenvalue weighted by Gasteiger charge is 2.19. The third-order valence-corrected chi connectivity index (χ3v) is 4.49. The van der Waals surface area contributed by atoms with Crippen molar-refractivity contribution in [1.82, 2.24) is 9.78 Å². The van der Waals surface area contributed by atoms with Crippen LogP contribution in [-0.2, 0) is 0 Å². The number of carboxylic acids is 1. The number of carbonyl (C=O) groups excluding carboxylic acids is 1. The minimum atomic E-state index is -1.10. The number of benzene rings is 2. The number of ether oxygens (including phenoxy) is 2. The molecule has 0 bridgehead atoms. The Hall–Kier alpha value is -3.81. The highest BCUT2D eigenvalue weighted by molar-refractivity contribution is 6.06. The van der Waals surface area contributed by atoms with Gasteiger partial charge in [-0.15, -0.1) is 0 Å². The summed E-state index contributed by atoms with van der Waals surface area (Å²) in [6.07, 6.45) is 0. The van der Waals surface area contributed by atoms with E-state index in [-0.39, 0.29) is 18.4 Å². The predicted octanol–water partition coefficient (Wildman–Crippen LogP) is 2.88. The summed E-state index contributed by atoms with van der Waals surface area (Å²) in [7, 11) is 1.67. The van der Waals surface area contributed by atoms with Crippen LogP contribution >= 0.6 is 0 Å². The monoisotopic (exact) mass is 379 g/mol. The largest absolute Gasteiger partial charge is 0.476 e. The average molecular weight is 379 g/mol. The number of aromatic carboxylic acids is 1. The van der Waals surface area contributed by atoms with Crippen LogP contribution in [-0.4, -0.2) is 40.6 Å². The van der Waals surface area contributed by atoms with Crippen LogP contribution in [0, 0.1) is 6.92 Å². The SMILES string of the molecule is Cc1cc(C(=O)O)nn1-c1cccc(C(=O)N(C)c2ccc3c(c2)OCO3)c1. The fourth-order valence-electron chi connectivity index (χ4n) is 3.02. The van der Waals surface area contributed by atoms with Crippen molar-refractivity contribution in [2.24, 2.45) is 0 Å². The van der Waals surface area contributed by atoms with Crippen LogP contribution in [0.1, 0.15) is 26.5 Å². The Morgan fingerprint density at radius 2 is 1.89 bits per heavy atom. The number of amides is 1. The first kappa shape index (κ1) is 17.6. The molecule has 142 valence electrons. The fraction of sp³-hybridized carbons (Fsp3) is 0.150. The molecule has 2 aromatic carbocycles. The van der Waals surface area contributed by atoms with E-state index in [1.165, 1.54) is 15.6 Å². The van der Waals surface area contributed by atoms with E-state index < -0.39 is 5.97 Å². The van der Waals surface area contributed by atoms with Gasteiger partial charge in [-0.25, -0.2) is 9.48 Å². The summed E-state index contributed by atoms with van der Waals surface area (Å²) in [5, 5.41) is 13.2. The van der Waals surface area contributed by atoms with Gasteiger partial charge in [0.1, 0.15) is 0 Å². The van der Waals surface area contributed by atoms with Gasteiger partial charge in [0.05, 0.1) is 5.69 Å². The molecule has 3 aromatic rings. The van der Waals surface area contributed by atoms with E-state index in [1.807, 2.05) is 0 Å². The molecule has 2 heterocycles. The fourth-order valence-corrected chi connectivity index (χ4v) is 3.02. The minimum Gasteiger partial charge on any atom is -0.476 e. The lowest BCUT2D eigenvalue weighted by Gasteiger charge is -2.18. The van der Waals surface area contributed by atoms with Crippen LogP contribution in [0.5, 0.6) is 11.5 Å². The van der Waals surface area contributed by atoms with E-state index in [9.17, 15) is 9.59 Å². The summed E-state index contributed by atoms with van der Waals surface area (Å²) in [5.41, 5.74) is 2.33. The first-order valence-electron chi connectivity index (χ1n) is 8.52. The van der Waals surface area contributed by atoms with E-state index >= 15 is 0 Å². The molecule has 1 aliphatic heterocycles. The molecule has 4 rings (SSSR count). The summed E-state index contributed by atoms with van der Waals surface area (Å²) in [4.78, 5) is 25.6. The molecule has 0 atom stereocenters. The maximum atomic E-state index is 13.0. The second kappa shape index (κ2) is 6.73. The third kappa shape index (κ3) is 3.05. The smallest absolute Gasteiger partial charge is 0.356 e. The highest BCUT2D eigenvalue weighted by Crippen LogP contribution is 2.35. The van der Waals surface area contributed by atoms with Crippen LogP contribution in [0.2, 0.25) is 0 Å². The Labute approximate surface area is 160 Å². The Morgan fingerprint density at radius 3 is 2.64 bits per heavy atom. The number of hydrogen-bond acceptors (Lipinski definition) is 5. The van der Waals surface area contributed by atoms with Crippen molar-refractivity contribution >= 4 is 17.6 Å². The van der Waals surface area contributed by atoms with Gasteiger partial charge in [-0.2, -0.15) is 5.10 Å².